The van der Waals surface area contributed by atoms with E-state index in [9.17, 15) is 14.4 Å². The maximum atomic E-state index is 12.1. The summed E-state index contributed by atoms with van der Waals surface area (Å²) >= 11 is 0. The molecule has 2 heterocycles. The number of piperidine rings is 1. The maximum absolute atomic E-state index is 12.1. The van der Waals surface area contributed by atoms with E-state index in [4.69, 9.17) is 0 Å². The lowest BCUT2D eigenvalue weighted by Crippen LogP contribution is -2.38. The molecule has 1 aromatic rings. The van der Waals surface area contributed by atoms with Crippen LogP contribution in [0.2, 0.25) is 0 Å². The molecule has 0 atom stereocenters. The summed E-state index contributed by atoms with van der Waals surface area (Å²) in [6.07, 6.45) is 6.38. The Morgan fingerprint density at radius 3 is 2.48 bits per heavy atom. The number of hydrogen-bond donors (Lipinski definition) is 0. The Hall–Kier alpha value is -2.11. The molecule has 1 fully saturated rings. The summed E-state index contributed by atoms with van der Waals surface area (Å²) in [5.41, 5.74) is -0.443. The highest BCUT2D eigenvalue weighted by molar-refractivity contribution is 5.91. The van der Waals surface area contributed by atoms with Gasteiger partial charge in [-0.1, -0.05) is 6.92 Å². The molecule has 0 aromatic carbocycles. The summed E-state index contributed by atoms with van der Waals surface area (Å²) in [5.74, 6) is 0.576. The molecule has 6 nitrogen and oxygen atoms in total. The summed E-state index contributed by atoms with van der Waals surface area (Å²) in [4.78, 5) is 37.4. The van der Waals surface area contributed by atoms with Crippen molar-refractivity contribution < 1.29 is 4.79 Å². The summed E-state index contributed by atoms with van der Waals surface area (Å²) in [5, 5.41) is 0. The molecule has 114 valence electrons. The van der Waals surface area contributed by atoms with Crippen molar-refractivity contribution in [3.8, 4) is 0 Å². The summed E-state index contributed by atoms with van der Waals surface area (Å²) < 4.78 is 2.36. The molecule has 0 N–H and O–H groups in total. The second-order valence-electron chi connectivity index (χ2n) is 5.68. The molecule has 0 radical (unpaired) electrons. The van der Waals surface area contributed by atoms with E-state index in [-0.39, 0.29) is 11.6 Å². The fraction of sp³-hybridized carbons (Fsp3) is 0.533. The number of rotatable bonds is 2. The molecule has 2 rings (SSSR count). The zero-order valence-electron chi connectivity index (χ0n) is 12.7. The van der Waals surface area contributed by atoms with Crippen molar-refractivity contribution in [3.63, 3.8) is 0 Å². The average Bonchev–Trinajstić information content (AvgIpc) is 2.48. The topological polar surface area (TPSA) is 64.3 Å². The Morgan fingerprint density at radius 2 is 1.86 bits per heavy atom. The minimum absolute atomic E-state index is 0.0854. The highest BCUT2D eigenvalue weighted by atomic mass is 16.2. The van der Waals surface area contributed by atoms with Crippen molar-refractivity contribution in [2.45, 2.75) is 19.8 Å². The van der Waals surface area contributed by atoms with Crippen LogP contribution in [0.25, 0.3) is 6.08 Å². The summed E-state index contributed by atoms with van der Waals surface area (Å²) in [7, 11) is 3.00. The van der Waals surface area contributed by atoms with Gasteiger partial charge in [0.2, 0.25) is 5.91 Å². The second kappa shape index (κ2) is 6.11. The molecule has 1 aliphatic rings. The Bertz CT molecular complexity index is 676. The van der Waals surface area contributed by atoms with Crippen LogP contribution in [0.1, 0.15) is 25.3 Å². The number of aromatic nitrogens is 2. The highest BCUT2D eigenvalue weighted by Crippen LogP contribution is 2.16. The van der Waals surface area contributed by atoms with Crippen molar-refractivity contribution in [2.24, 2.45) is 20.0 Å². The fourth-order valence-corrected chi connectivity index (χ4v) is 2.45. The van der Waals surface area contributed by atoms with Gasteiger partial charge in [-0.05, 0) is 24.8 Å². The highest BCUT2D eigenvalue weighted by Gasteiger charge is 2.18. The first-order valence-corrected chi connectivity index (χ1v) is 7.14. The molecule has 1 aliphatic heterocycles. The van der Waals surface area contributed by atoms with Crippen LogP contribution in [0, 0.1) is 5.92 Å². The largest absolute Gasteiger partial charge is 0.339 e. The van der Waals surface area contributed by atoms with Crippen LogP contribution in [-0.4, -0.2) is 33.0 Å². The van der Waals surface area contributed by atoms with Crippen LogP contribution in [0.5, 0.6) is 0 Å². The first-order valence-electron chi connectivity index (χ1n) is 7.14. The van der Waals surface area contributed by atoms with E-state index in [0.717, 1.165) is 30.5 Å². The average molecular weight is 291 g/mol. The quantitative estimate of drug-likeness (QED) is 0.739. The fourth-order valence-electron chi connectivity index (χ4n) is 2.45. The molecule has 6 heteroatoms. The van der Waals surface area contributed by atoms with Gasteiger partial charge in [0.15, 0.2) is 0 Å². The first kappa shape index (κ1) is 15.3. The van der Waals surface area contributed by atoms with Gasteiger partial charge in [-0.3, -0.25) is 14.2 Å². The minimum Gasteiger partial charge on any atom is -0.339 e. The third-order valence-electron chi connectivity index (χ3n) is 3.97. The third-order valence-corrected chi connectivity index (χ3v) is 3.97. The van der Waals surface area contributed by atoms with E-state index in [1.165, 1.54) is 30.0 Å². The monoisotopic (exact) mass is 291 g/mol. The Kier molecular flexibility index (Phi) is 4.45. The van der Waals surface area contributed by atoms with Gasteiger partial charge in [-0.25, -0.2) is 4.79 Å². The predicted molar refractivity (Wildman–Crippen MR) is 80.9 cm³/mol. The van der Waals surface area contributed by atoms with E-state index in [1.807, 2.05) is 0 Å². The van der Waals surface area contributed by atoms with Gasteiger partial charge in [0.1, 0.15) is 0 Å². The van der Waals surface area contributed by atoms with Crippen LogP contribution < -0.4 is 11.2 Å². The Balaban J connectivity index is 2.16. The zero-order valence-corrected chi connectivity index (χ0v) is 12.7. The lowest BCUT2D eigenvalue weighted by molar-refractivity contribution is -0.127. The molecule has 1 saturated heterocycles. The molecule has 0 spiro atoms. The van der Waals surface area contributed by atoms with Crippen LogP contribution in [0.3, 0.4) is 0 Å². The van der Waals surface area contributed by atoms with Crippen molar-refractivity contribution >= 4 is 12.0 Å². The number of amides is 1. The molecule has 1 amide bonds. The molecule has 0 saturated carbocycles. The number of likely N-dealkylation sites (tertiary alicyclic amines) is 1. The van der Waals surface area contributed by atoms with Gasteiger partial charge in [0.05, 0.1) is 5.56 Å². The van der Waals surface area contributed by atoms with Crippen LogP contribution in [-0.2, 0) is 18.9 Å². The molecular weight excluding hydrogens is 270 g/mol. The number of carbonyl (C=O) groups is 1. The maximum Gasteiger partial charge on any atom is 0.330 e. The lowest BCUT2D eigenvalue weighted by Gasteiger charge is -2.29. The smallest absolute Gasteiger partial charge is 0.330 e. The van der Waals surface area contributed by atoms with Gasteiger partial charge in [0, 0.05) is 39.5 Å². The van der Waals surface area contributed by atoms with Gasteiger partial charge in [-0.2, -0.15) is 0 Å². The predicted octanol–water partition coefficient (Wildman–Crippen LogP) is 0.356. The van der Waals surface area contributed by atoms with E-state index < -0.39 is 5.56 Å². The number of aryl methyl sites for hydroxylation is 1. The molecule has 0 unspecified atom stereocenters. The van der Waals surface area contributed by atoms with E-state index in [0.29, 0.717) is 11.5 Å². The van der Waals surface area contributed by atoms with E-state index in [1.54, 1.807) is 11.9 Å². The normalized spacial score (nSPS) is 16.6. The van der Waals surface area contributed by atoms with Crippen molar-refractivity contribution in [1.82, 2.24) is 14.0 Å². The van der Waals surface area contributed by atoms with Crippen LogP contribution >= 0.6 is 0 Å². The molecule has 0 aliphatic carbocycles. The Morgan fingerprint density at radius 1 is 1.24 bits per heavy atom. The van der Waals surface area contributed by atoms with Gasteiger partial charge >= 0.3 is 5.69 Å². The third kappa shape index (κ3) is 3.32. The van der Waals surface area contributed by atoms with Crippen LogP contribution in [0.15, 0.2) is 21.9 Å². The van der Waals surface area contributed by atoms with Crippen molar-refractivity contribution in [3.05, 3.63) is 38.7 Å². The molecule has 1 aromatic heterocycles. The first-order chi connectivity index (χ1) is 9.90. The van der Waals surface area contributed by atoms with Gasteiger partial charge in [-0.15, -0.1) is 0 Å². The lowest BCUT2D eigenvalue weighted by atomic mass is 9.99. The van der Waals surface area contributed by atoms with Crippen molar-refractivity contribution in [1.29, 1.82) is 0 Å². The summed E-state index contributed by atoms with van der Waals surface area (Å²) in [6, 6.07) is 0. The number of carbonyl (C=O) groups excluding carboxylic acids is 1. The Labute approximate surface area is 123 Å². The standard InChI is InChI=1S/C15H21N3O3/c1-11-6-8-18(9-7-11)13(19)5-4-12-10-16(2)15(21)17(3)14(12)20/h4-5,10-11H,6-9H2,1-3H3/b5-4+. The minimum atomic E-state index is -0.394. The second-order valence-corrected chi connectivity index (χ2v) is 5.68. The zero-order chi connectivity index (χ0) is 15.6. The number of hydrogen-bond acceptors (Lipinski definition) is 3. The van der Waals surface area contributed by atoms with Crippen molar-refractivity contribution in [2.75, 3.05) is 13.1 Å². The van der Waals surface area contributed by atoms with Gasteiger partial charge in [0.25, 0.3) is 5.56 Å². The number of nitrogens with zero attached hydrogens (tertiary/aromatic N) is 3. The summed E-state index contributed by atoms with van der Waals surface area (Å²) in [6.45, 7) is 3.71. The van der Waals surface area contributed by atoms with Gasteiger partial charge < -0.3 is 9.47 Å². The molecule has 0 bridgehead atoms. The SMILES string of the molecule is CC1CCN(C(=O)/C=C/c2cn(C)c(=O)n(C)c2=O)CC1. The van der Waals surface area contributed by atoms with E-state index >= 15 is 0 Å². The van der Waals surface area contributed by atoms with Crippen LogP contribution in [0.4, 0.5) is 0 Å². The molecular formula is C15H21N3O3. The van der Waals surface area contributed by atoms with E-state index in [2.05, 4.69) is 6.92 Å². The molecule has 21 heavy (non-hydrogen) atoms.